The third-order valence-electron chi connectivity index (χ3n) is 4.71. The second-order valence-corrected chi connectivity index (χ2v) is 6.14. The Morgan fingerprint density at radius 1 is 1.24 bits per heavy atom. The second kappa shape index (κ2) is 5.53. The molecule has 1 aromatic carbocycles. The van der Waals surface area contributed by atoms with Crippen molar-refractivity contribution in [1.82, 2.24) is 15.3 Å². The molecule has 1 aromatic heterocycles. The molecule has 4 nitrogen and oxygen atoms in total. The van der Waals surface area contributed by atoms with E-state index in [0.717, 1.165) is 19.5 Å². The number of nitrogens with one attached hydrogen (secondary N) is 2. The summed E-state index contributed by atoms with van der Waals surface area (Å²) in [5.74, 6) is 0. The molecule has 0 saturated carbocycles. The van der Waals surface area contributed by atoms with Crippen LogP contribution in [-0.2, 0) is 19.4 Å². The lowest BCUT2D eigenvalue weighted by Gasteiger charge is -2.32. The van der Waals surface area contributed by atoms with Gasteiger partial charge in [0.15, 0.2) is 0 Å². The molecule has 0 spiro atoms. The normalized spacial score (nSPS) is 21.5. The standard InChI is InChI=1S/C17H22N4/c1-2-7-17-13(5-1)6-3-4-8-21(17)11-14-9-15-16(10-18-14)20-12-19-15/h1-2,5,7,12,14,18H,3-4,6,8-11H2,(H,19,20). The van der Waals surface area contributed by atoms with Gasteiger partial charge in [0.2, 0.25) is 0 Å². The SMILES string of the molecule is c1ccc2c(c1)CCCCN2CC1Cc2nc[nH]c2CN1. The fourth-order valence-electron chi connectivity index (χ4n) is 3.58. The molecule has 1 atom stereocenters. The molecule has 4 rings (SSSR count). The van der Waals surface area contributed by atoms with Gasteiger partial charge in [-0.25, -0.2) is 4.98 Å². The lowest BCUT2D eigenvalue weighted by atomic mass is 10.0. The van der Waals surface area contributed by atoms with E-state index in [1.54, 1.807) is 0 Å². The topological polar surface area (TPSA) is 44.0 Å². The van der Waals surface area contributed by atoms with Crippen molar-refractivity contribution in [3.63, 3.8) is 0 Å². The Bertz CT molecular complexity index is 619. The maximum atomic E-state index is 4.45. The Kier molecular flexibility index (Phi) is 3.39. The number of aromatic nitrogens is 2. The van der Waals surface area contributed by atoms with E-state index in [9.17, 15) is 0 Å². The lowest BCUT2D eigenvalue weighted by Crippen LogP contribution is -2.45. The minimum atomic E-state index is 0.493. The largest absolute Gasteiger partial charge is 0.370 e. The first-order valence-electron chi connectivity index (χ1n) is 7.97. The number of rotatable bonds is 2. The number of benzene rings is 1. The van der Waals surface area contributed by atoms with Crippen molar-refractivity contribution < 1.29 is 0 Å². The molecule has 0 amide bonds. The fourth-order valence-corrected chi connectivity index (χ4v) is 3.58. The van der Waals surface area contributed by atoms with Crippen LogP contribution < -0.4 is 10.2 Å². The van der Waals surface area contributed by atoms with Crippen LogP contribution >= 0.6 is 0 Å². The zero-order valence-corrected chi connectivity index (χ0v) is 12.3. The van der Waals surface area contributed by atoms with Gasteiger partial charge in [0.1, 0.15) is 0 Å². The van der Waals surface area contributed by atoms with Crippen molar-refractivity contribution >= 4 is 5.69 Å². The summed E-state index contributed by atoms with van der Waals surface area (Å²) in [7, 11) is 0. The number of hydrogen-bond donors (Lipinski definition) is 2. The highest BCUT2D eigenvalue weighted by atomic mass is 15.2. The summed E-state index contributed by atoms with van der Waals surface area (Å²) in [4.78, 5) is 10.2. The first-order valence-corrected chi connectivity index (χ1v) is 7.97. The van der Waals surface area contributed by atoms with Crippen LogP contribution in [0.2, 0.25) is 0 Å². The van der Waals surface area contributed by atoms with Crippen LogP contribution in [0.5, 0.6) is 0 Å². The predicted molar refractivity (Wildman–Crippen MR) is 84.5 cm³/mol. The van der Waals surface area contributed by atoms with Crippen LogP contribution in [0.25, 0.3) is 0 Å². The molecule has 0 saturated heterocycles. The number of hydrogen-bond acceptors (Lipinski definition) is 3. The number of aryl methyl sites for hydroxylation is 1. The van der Waals surface area contributed by atoms with Crippen molar-refractivity contribution in [2.45, 2.75) is 38.3 Å². The highest BCUT2D eigenvalue weighted by Gasteiger charge is 2.23. The Labute approximate surface area is 125 Å². The highest BCUT2D eigenvalue weighted by molar-refractivity contribution is 5.54. The van der Waals surface area contributed by atoms with Gasteiger partial charge >= 0.3 is 0 Å². The van der Waals surface area contributed by atoms with Gasteiger partial charge in [-0.3, -0.25) is 0 Å². The third kappa shape index (κ3) is 2.56. The minimum Gasteiger partial charge on any atom is -0.370 e. The maximum Gasteiger partial charge on any atom is 0.0925 e. The molecule has 0 radical (unpaired) electrons. The summed E-state index contributed by atoms with van der Waals surface area (Å²) in [6, 6.07) is 9.39. The molecular formula is C17H22N4. The van der Waals surface area contributed by atoms with Crippen LogP contribution in [-0.4, -0.2) is 29.1 Å². The Morgan fingerprint density at radius 2 is 2.19 bits per heavy atom. The molecule has 0 bridgehead atoms. The summed E-state index contributed by atoms with van der Waals surface area (Å²) < 4.78 is 0. The van der Waals surface area contributed by atoms with Gasteiger partial charge in [-0.05, 0) is 30.9 Å². The number of para-hydroxylation sites is 1. The van der Waals surface area contributed by atoms with E-state index < -0.39 is 0 Å². The summed E-state index contributed by atoms with van der Waals surface area (Å²) in [5, 5.41) is 3.65. The number of H-pyrrole nitrogens is 1. The molecule has 1 unspecified atom stereocenters. The smallest absolute Gasteiger partial charge is 0.0925 e. The minimum absolute atomic E-state index is 0.493. The number of anilines is 1. The van der Waals surface area contributed by atoms with E-state index in [1.807, 2.05) is 6.33 Å². The van der Waals surface area contributed by atoms with Gasteiger partial charge in [-0.2, -0.15) is 0 Å². The van der Waals surface area contributed by atoms with E-state index in [2.05, 4.69) is 44.5 Å². The van der Waals surface area contributed by atoms with Gasteiger partial charge in [0.05, 0.1) is 17.7 Å². The maximum absolute atomic E-state index is 4.45. The Balaban J connectivity index is 1.52. The predicted octanol–water partition coefficient (Wildman–Crippen LogP) is 2.27. The van der Waals surface area contributed by atoms with E-state index in [1.165, 1.54) is 48.4 Å². The summed E-state index contributed by atoms with van der Waals surface area (Å²) >= 11 is 0. The summed E-state index contributed by atoms with van der Waals surface area (Å²) in [6.45, 7) is 3.15. The second-order valence-electron chi connectivity index (χ2n) is 6.14. The molecule has 21 heavy (non-hydrogen) atoms. The van der Waals surface area contributed by atoms with Crippen LogP contribution in [0, 0.1) is 0 Å². The molecule has 2 aliphatic rings. The fraction of sp³-hybridized carbons (Fsp3) is 0.471. The molecule has 4 heteroatoms. The molecule has 0 fully saturated rings. The van der Waals surface area contributed by atoms with Crippen molar-refractivity contribution in [3.05, 3.63) is 47.5 Å². The van der Waals surface area contributed by atoms with Crippen molar-refractivity contribution in [2.75, 3.05) is 18.0 Å². The van der Waals surface area contributed by atoms with Crippen LogP contribution in [0.15, 0.2) is 30.6 Å². The molecule has 0 aliphatic carbocycles. The van der Waals surface area contributed by atoms with Crippen LogP contribution in [0.1, 0.15) is 29.8 Å². The van der Waals surface area contributed by atoms with E-state index in [0.29, 0.717) is 6.04 Å². The zero-order chi connectivity index (χ0) is 14.1. The average molecular weight is 282 g/mol. The molecule has 3 heterocycles. The lowest BCUT2D eigenvalue weighted by molar-refractivity contribution is 0.463. The number of aromatic amines is 1. The first-order chi connectivity index (χ1) is 10.4. The number of fused-ring (bicyclic) bond motifs is 2. The highest BCUT2D eigenvalue weighted by Crippen LogP contribution is 2.26. The molecule has 2 N–H and O–H groups in total. The first kappa shape index (κ1) is 12.9. The molecule has 110 valence electrons. The Hall–Kier alpha value is -1.81. The molecule has 2 aromatic rings. The third-order valence-corrected chi connectivity index (χ3v) is 4.71. The monoisotopic (exact) mass is 282 g/mol. The van der Waals surface area contributed by atoms with Gasteiger partial charge in [-0.1, -0.05) is 18.2 Å². The quantitative estimate of drug-likeness (QED) is 0.888. The van der Waals surface area contributed by atoms with Gasteiger partial charge < -0.3 is 15.2 Å². The summed E-state index contributed by atoms with van der Waals surface area (Å²) in [5.41, 5.74) is 5.43. The average Bonchev–Trinajstić information content (AvgIpc) is 2.89. The van der Waals surface area contributed by atoms with Gasteiger partial charge in [0.25, 0.3) is 0 Å². The van der Waals surface area contributed by atoms with Crippen molar-refractivity contribution in [2.24, 2.45) is 0 Å². The number of imidazole rings is 1. The Morgan fingerprint density at radius 3 is 3.19 bits per heavy atom. The number of nitrogens with zero attached hydrogens (tertiary/aromatic N) is 2. The van der Waals surface area contributed by atoms with Crippen molar-refractivity contribution in [1.29, 1.82) is 0 Å². The zero-order valence-electron chi connectivity index (χ0n) is 12.3. The van der Waals surface area contributed by atoms with Gasteiger partial charge in [-0.15, -0.1) is 0 Å². The van der Waals surface area contributed by atoms with Gasteiger partial charge in [0, 0.05) is 37.8 Å². The van der Waals surface area contributed by atoms with E-state index >= 15 is 0 Å². The van der Waals surface area contributed by atoms with Crippen LogP contribution in [0.3, 0.4) is 0 Å². The van der Waals surface area contributed by atoms with E-state index in [-0.39, 0.29) is 0 Å². The van der Waals surface area contributed by atoms with Crippen LogP contribution in [0.4, 0.5) is 5.69 Å². The van der Waals surface area contributed by atoms with E-state index in [4.69, 9.17) is 0 Å². The molecular weight excluding hydrogens is 260 g/mol. The molecule has 2 aliphatic heterocycles. The summed E-state index contributed by atoms with van der Waals surface area (Å²) in [6.07, 6.45) is 6.64. The van der Waals surface area contributed by atoms with Crippen molar-refractivity contribution in [3.8, 4) is 0 Å².